The second-order valence-electron chi connectivity index (χ2n) is 4.68. The third-order valence-corrected chi connectivity index (χ3v) is 4.12. The Morgan fingerprint density at radius 3 is 2.81 bits per heavy atom. The van der Waals surface area contributed by atoms with Crippen molar-refractivity contribution in [2.75, 3.05) is 0 Å². The van der Waals surface area contributed by atoms with Crippen molar-refractivity contribution in [3.63, 3.8) is 0 Å². The van der Waals surface area contributed by atoms with Crippen LogP contribution in [0, 0.1) is 0 Å². The minimum atomic E-state index is -0.822. The van der Waals surface area contributed by atoms with Crippen LogP contribution in [0.4, 0.5) is 0 Å². The summed E-state index contributed by atoms with van der Waals surface area (Å²) >= 11 is 1.31. The van der Waals surface area contributed by atoms with Gasteiger partial charge in [0.25, 0.3) is 0 Å². The van der Waals surface area contributed by atoms with Crippen molar-refractivity contribution in [1.29, 1.82) is 0 Å². The quantitative estimate of drug-likeness (QED) is 0.808. The lowest BCUT2D eigenvalue weighted by molar-refractivity contribution is -0.136. The normalized spacial score (nSPS) is 12.2. The molecule has 2 rings (SSSR count). The monoisotopic (exact) mass is 306 g/mol. The molecule has 1 aromatic heterocycles. The van der Waals surface area contributed by atoms with Crippen LogP contribution in [-0.4, -0.2) is 26.5 Å². The summed E-state index contributed by atoms with van der Waals surface area (Å²) in [5, 5.41) is 12.7. The first-order chi connectivity index (χ1) is 10.2. The van der Waals surface area contributed by atoms with E-state index in [1.54, 1.807) is 0 Å². The van der Waals surface area contributed by atoms with Crippen LogP contribution in [0.3, 0.4) is 0 Å². The molecular formula is C15H18N2O3S. The lowest BCUT2D eigenvalue weighted by Crippen LogP contribution is -2.19. The molecule has 0 aliphatic carbocycles. The smallest absolute Gasteiger partial charge is 0.316 e. The van der Waals surface area contributed by atoms with Gasteiger partial charge in [-0.3, -0.25) is 4.79 Å². The zero-order valence-electron chi connectivity index (χ0n) is 11.9. The molecule has 2 aromatic rings. The maximum atomic E-state index is 11.3. The summed E-state index contributed by atoms with van der Waals surface area (Å²) in [4.78, 5) is 15.6. The average molecular weight is 306 g/mol. The molecule has 1 heterocycles. The fourth-order valence-corrected chi connectivity index (χ4v) is 2.81. The highest BCUT2D eigenvalue weighted by Crippen LogP contribution is 2.21. The molecule has 0 aliphatic heterocycles. The van der Waals surface area contributed by atoms with Crippen LogP contribution in [0.1, 0.15) is 30.6 Å². The van der Waals surface area contributed by atoms with Gasteiger partial charge in [-0.15, -0.1) is 11.8 Å². The van der Waals surface area contributed by atoms with Crippen LogP contribution in [0.2, 0.25) is 0 Å². The van der Waals surface area contributed by atoms with Crippen molar-refractivity contribution in [3.8, 4) is 0 Å². The zero-order chi connectivity index (χ0) is 15.1. The third-order valence-electron chi connectivity index (χ3n) is 2.93. The molecule has 1 N–H and O–H groups in total. The molecule has 0 spiro atoms. The van der Waals surface area contributed by atoms with E-state index in [-0.39, 0.29) is 0 Å². The van der Waals surface area contributed by atoms with Gasteiger partial charge in [-0.25, -0.2) is 0 Å². The molecule has 0 amide bonds. The number of carboxylic acid groups (broad SMARTS) is 1. The van der Waals surface area contributed by atoms with E-state index in [0.717, 1.165) is 18.4 Å². The van der Waals surface area contributed by atoms with Crippen LogP contribution in [0.25, 0.3) is 0 Å². The molecule has 0 aliphatic rings. The Bertz CT molecular complexity index is 571. The predicted octanol–water partition coefficient (Wildman–Crippen LogP) is 2.95. The van der Waals surface area contributed by atoms with Crippen molar-refractivity contribution < 1.29 is 14.4 Å². The fraction of sp³-hybridized carbons (Fsp3) is 0.400. The van der Waals surface area contributed by atoms with Crippen LogP contribution in [-0.2, 0) is 23.4 Å². The Kier molecular flexibility index (Phi) is 5.80. The van der Waals surface area contributed by atoms with E-state index in [9.17, 15) is 9.90 Å². The highest BCUT2D eigenvalue weighted by atomic mass is 32.2. The highest BCUT2D eigenvalue weighted by Gasteiger charge is 2.20. The third kappa shape index (κ3) is 4.90. The maximum absolute atomic E-state index is 11.3. The van der Waals surface area contributed by atoms with E-state index in [0.29, 0.717) is 23.9 Å². The minimum Gasteiger partial charge on any atom is -0.480 e. The van der Waals surface area contributed by atoms with Crippen molar-refractivity contribution in [3.05, 3.63) is 47.6 Å². The van der Waals surface area contributed by atoms with E-state index in [1.807, 2.05) is 37.3 Å². The molecule has 0 bridgehead atoms. The summed E-state index contributed by atoms with van der Waals surface area (Å²) < 4.78 is 5.12. The topological polar surface area (TPSA) is 76.2 Å². The number of aryl methyl sites for hydroxylation is 1. The first-order valence-electron chi connectivity index (χ1n) is 6.89. The summed E-state index contributed by atoms with van der Waals surface area (Å²) in [6, 6.07) is 9.60. The van der Waals surface area contributed by atoms with E-state index >= 15 is 0 Å². The van der Waals surface area contributed by atoms with Gasteiger partial charge in [-0.05, 0) is 18.4 Å². The molecular weight excluding hydrogens is 288 g/mol. The van der Waals surface area contributed by atoms with Gasteiger partial charge in [0, 0.05) is 6.42 Å². The van der Waals surface area contributed by atoms with Crippen molar-refractivity contribution in [2.45, 2.75) is 37.2 Å². The minimum absolute atomic E-state index is 0.417. The molecule has 1 aromatic carbocycles. The lowest BCUT2D eigenvalue weighted by atomic mass is 10.1. The maximum Gasteiger partial charge on any atom is 0.316 e. The van der Waals surface area contributed by atoms with Gasteiger partial charge in [-0.2, -0.15) is 4.98 Å². The van der Waals surface area contributed by atoms with E-state index < -0.39 is 11.2 Å². The van der Waals surface area contributed by atoms with E-state index in [2.05, 4.69) is 10.1 Å². The van der Waals surface area contributed by atoms with Crippen LogP contribution in [0.15, 0.2) is 34.9 Å². The van der Waals surface area contributed by atoms with Gasteiger partial charge in [0.05, 0.1) is 5.75 Å². The van der Waals surface area contributed by atoms with Crippen molar-refractivity contribution >= 4 is 17.7 Å². The number of aliphatic carboxylic acids is 1. The number of aromatic nitrogens is 2. The second-order valence-corrected chi connectivity index (χ2v) is 5.87. The summed E-state index contributed by atoms with van der Waals surface area (Å²) in [6.07, 6.45) is 2.22. The van der Waals surface area contributed by atoms with E-state index in [4.69, 9.17) is 4.52 Å². The Balaban J connectivity index is 1.92. The molecule has 5 nitrogen and oxygen atoms in total. The zero-order valence-corrected chi connectivity index (χ0v) is 12.7. The van der Waals surface area contributed by atoms with Crippen LogP contribution < -0.4 is 0 Å². The number of thioether (sulfide) groups is 1. The summed E-state index contributed by atoms with van der Waals surface area (Å²) in [5.74, 6) is 0.767. The number of rotatable bonds is 8. The molecule has 112 valence electrons. The number of carboxylic acids is 1. The van der Waals surface area contributed by atoms with Crippen LogP contribution >= 0.6 is 11.8 Å². The number of hydrogen-bond donors (Lipinski definition) is 1. The Hall–Kier alpha value is -1.82. The van der Waals surface area contributed by atoms with Crippen molar-refractivity contribution in [2.24, 2.45) is 0 Å². The SMILES string of the molecule is CCCc1noc(CSC(Cc2ccccc2)C(=O)O)n1. The second kappa shape index (κ2) is 7.83. The Morgan fingerprint density at radius 2 is 2.14 bits per heavy atom. The molecule has 0 saturated heterocycles. The van der Waals surface area contributed by atoms with Gasteiger partial charge >= 0.3 is 5.97 Å². The number of nitrogens with zero attached hydrogens (tertiary/aromatic N) is 2. The van der Waals surface area contributed by atoms with Gasteiger partial charge in [-0.1, -0.05) is 42.4 Å². The van der Waals surface area contributed by atoms with Gasteiger partial charge in [0.15, 0.2) is 5.82 Å². The van der Waals surface area contributed by atoms with Gasteiger partial charge in [0.1, 0.15) is 5.25 Å². The van der Waals surface area contributed by atoms with Gasteiger partial charge < -0.3 is 9.63 Å². The van der Waals surface area contributed by atoms with E-state index in [1.165, 1.54) is 11.8 Å². The summed E-state index contributed by atoms with van der Waals surface area (Å²) in [7, 11) is 0. The Labute approximate surface area is 127 Å². The van der Waals surface area contributed by atoms with Gasteiger partial charge in [0.2, 0.25) is 5.89 Å². The predicted molar refractivity (Wildman–Crippen MR) is 81.2 cm³/mol. The largest absolute Gasteiger partial charge is 0.480 e. The van der Waals surface area contributed by atoms with Crippen molar-refractivity contribution in [1.82, 2.24) is 10.1 Å². The lowest BCUT2D eigenvalue weighted by Gasteiger charge is -2.10. The summed E-state index contributed by atoms with van der Waals surface area (Å²) in [5.41, 5.74) is 1.01. The highest BCUT2D eigenvalue weighted by molar-refractivity contribution is 7.99. The molecule has 1 atom stereocenters. The molecule has 21 heavy (non-hydrogen) atoms. The molecule has 0 fully saturated rings. The molecule has 6 heteroatoms. The molecule has 1 unspecified atom stereocenters. The average Bonchev–Trinajstić information content (AvgIpc) is 2.92. The summed E-state index contributed by atoms with van der Waals surface area (Å²) in [6.45, 7) is 2.05. The van der Waals surface area contributed by atoms with Crippen LogP contribution in [0.5, 0.6) is 0 Å². The first kappa shape index (κ1) is 15.6. The molecule has 0 radical (unpaired) electrons. The standard InChI is InChI=1S/C15H18N2O3S/c1-2-6-13-16-14(20-17-13)10-21-12(15(18)19)9-11-7-4-3-5-8-11/h3-5,7-8,12H,2,6,9-10H2,1H3,(H,18,19). The number of hydrogen-bond acceptors (Lipinski definition) is 5. The number of carbonyl (C=O) groups is 1. The number of benzene rings is 1. The fourth-order valence-electron chi connectivity index (χ4n) is 1.89. The Morgan fingerprint density at radius 1 is 1.38 bits per heavy atom. The first-order valence-corrected chi connectivity index (χ1v) is 7.93. The molecule has 0 saturated carbocycles.